The highest BCUT2D eigenvalue weighted by Gasteiger charge is 2.27. The number of rotatable bonds is 3. The Morgan fingerprint density at radius 1 is 1.40 bits per heavy atom. The summed E-state index contributed by atoms with van der Waals surface area (Å²) < 4.78 is 0. The first-order valence-electron chi connectivity index (χ1n) is 5.86. The van der Waals surface area contributed by atoms with Gasteiger partial charge in [-0.3, -0.25) is 4.99 Å². The standard InChI is InChI=1S/C12H24N2S/c1-6-12(5,7-2)14-10-13-8-11(3,4)9-15-10/h6-9H2,1-5H3,(H,13,14). The van der Waals surface area contributed by atoms with Gasteiger partial charge >= 0.3 is 0 Å². The molecule has 1 aliphatic rings. The van der Waals surface area contributed by atoms with Crippen LogP contribution in [0.5, 0.6) is 0 Å². The molecule has 0 unspecified atom stereocenters. The van der Waals surface area contributed by atoms with Gasteiger partial charge in [-0.2, -0.15) is 0 Å². The van der Waals surface area contributed by atoms with E-state index in [9.17, 15) is 0 Å². The molecule has 0 aromatic carbocycles. The van der Waals surface area contributed by atoms with E-state index in [2.05, 4.69) is 44.9 Å². The van der Waals surface area contributed by atoms with Gasteiger partial charge in [0.25, 0.3) is 0 Å². The van der Waals surface area contributed by atoms with Crippen molar-refractivity contribution in [2.24, 2.45) is 10.4 Å². The lowest BCUT2D eigenvalue weighted by molar-refractivity contribution is 0.386. The van der Waals surface area contributed by atoms with Crippen LogP contribution in [0.3, 0.4) is 0 Å². The number of nitrogens with zero attached hydrogens (tertiary/aromatic N) is 1. The monoisotopic (exact) mass is 228 g/mol. The van der Waals surface area contributed by atoms with Gasteiger partial charge in [0.05, 0.1) is 0 Å². The molecule has 0 saturated heterocycles. The molecule has 0 atom stereocenters. The molecule has 2 nitrogen and oxygen atoms in total. The zero-order valence-electron chi connectivity index (χ0n) is 10.7. The lowest BCUT2D eigenvalue weighted by Gasteiger charge is -2.34. The second-order valence-electron chi connectivity index (χ2n) is 5.47. The minimum Gasteiger partial charge on any atom is -0.360 e. The SMILES string of the molecule is CCC(C)(CC)NC1=NCC(C)(C)CS1. The van der Waals surface area contributed by atoms with Crippen LogP contribution in [0, 0.1) is 5.41 Å². The fourth-order valence-electron chi connectivity index (χ4n) is 1.40. The van der Waals surface area contributed by atoms with Crippen LogP contribution in [-0.2, 0) is 0 Å². The molecule has 1 N–H and O–H groups in total. The molecule has 0 radical (unpaired) electrons. The van der Waals surface area contributed by atoms with E-state index in [1.165, 1.54) is 5.75 Å². The fraction of sp³-hybridized carbons (Fsp3) is 0.917. The summed E-state index contributed by atoms with van der Waals surface area (Å²) in [6, 6.07) is 0. The zero-order valence-corrected chi connectivity index (χ0v) is 11.5. The van der Waals surface area contributed by atoms with Crippen LogP contribution < -0.4 is 5.32 Å². The Balaban J connectivity index is 2.57. The van der Waals surface area contributed by atoms with E-state index in [-0.39, 0.29) is 5.54 Å². The predicted molar refractivity (Wildman–Crippen MR) is 70.7 cm³/mol. The lowest BCUT2D eigenvalue weighted by atomic mass is 9.96. The molecule has 1 aliphatic heterocycles. The van der Waals surface area contributed by atoms with Crippen LogP contribution in [0.2, 0.25) is 0 Å². The fourth-order valence-corrected chi connectivity index (χ4v) is 2.49. The van der Waals surface area contributed by atoms with Gasteiger partial charge < -0.3 is 5.32 Å². The number of nitrogens with one attached hydrogen (secondary N) is 1. The van der Waals surface area contributed by atoms with Gasteiger partial charge in [0.1, 0.15) is 0 Å². The smallest absolute Gasteiger partial charge is 0.157 e. The molecule has 0 aromatic heterocycles. The van der Waals surface area contributed by atoms with Crippen molar-refractivity contribution in [1.29, 1.82) is 0 Å². The molecule has 0 fully saturated rings. The van der Waals surface area contributed by atoms with Crippen molar-refractivity contribution in [2.75, 3.05) is 12.3 Å². The van der Waals surface area contributed by atoms with Gasteiger partial charge in [-0.25, -0.2) is 0 Å². The summed E-state index contributed by atoms with van der Waals surface area (Å²) in [5.41, 5.74) is 0.581. The Labute approximate surface area is 98.3 Å². The topological polar surface area (TPSA) is 24.4 Å². The molecular formula is C12H24N2S. The lowest BCUT2D eigenvalue weighted by Crippen LogP contribution is -2.45. The Bertz CT molecular complexity index is 242. The van der Waals surface area contributed by atoms with Crippen molar-refractivity contribution in [2.45, 2.75) is 53.0 Å². The largest absolute Gasteiger partial charge is 0.360 e. The molecule has 0 amide bonds. The van der Waals surface area contributed by atoms with Crippen LogP contribution in [0.25, 0.3) is 0 Å². The molecule has 0 spiro atoms. The van der Waals surface area contributed by atoms with Crippen molar-refractivity contribution in [3.05, 3.63) is 0 Å². The third-order valence-electron chi connectivity index (χ3n) is 3.22. The summed E-state index contributed by atoms with van der Waals surface area (Å²) in [4.78, 5) is 4.63. The van der Waals surface area contributed by atoms with Crippen LogP contribution >= 0.6 is 11.8 Å². The van der Waals surface area contributed by atoms with E-state index in [0.29, 0.717) is 5.41 Å². The predicted octanol–water partition coefficient (Wildman–Crippen LogP) is 3.28. The van der Waals surface area contributed by atoms with E-state index < -0.39 is 0 Å². The van der Waals surface area contributed by atoms with Gasteiger partial charge in [0.2, 0.25) is 0 Å². The van der Waals surface area contributed by atoms with Gasteiger partial charge in [-0.05, 0) is 25.2 Å². The van der Waals surface area contributed by atoms with Gasteiger partial charge in [-0.1, -0.05) is 39.5 Å². The number of aliphatic imine (C=N–C) groups is 1. The van der Waals surface area contributed by atoms with Crippen molar-refractivity contribution in [1.82, 2.24) is 5.32 Å². The minimum atomic E-state index is 0.216. The van der Waals surface area contributed by atoms with Crippen molar-refractivity contribution in [3.63, 3.8) is 0 Å². The maximum absolute atomic E-state index is 4.63. The number of thioether (sulfide) groups is 1. The molecule has 0 saturated carbocycles. The average molecular weight is 228 g/mol. The van der Waals surface area contributed by atoms with E-state index >= 15 is 0 Å². The Morgan fingerprint density at radius 2 is 2.00 bits per heavy atom. The van der Waals surface area contributed by atoms with Crippen molar-refractivity contribution in [3.8, 4) is 0 Å². The number of hydrogen-bond donors (Lipinski definition) is 1. The summed E-state index contributed by atoms with van der Waals surface area (Å²) in [5.74, 6) is 1.17. The average Bonchev–Trinajstić information content (AvgIpc) is 2.21. The van der Waals surface area contributed by atoms with Gasteiger partial charge in [0, 0.05) is 17.8 Å². The van der Waals surface area contributed by atoms with E-state index in [1.54, 1.807) is 0 Å². The molecule has 3 heteroatoms. The molecular weight excluding hydrogens is 204 g/mol. The van der Waals surface area contributed by atoms with Crippen LogP contribution in [0.4, 0.5) is 0 Å². The zero-order chi connectivity index (χ0) is 11.5. The Hall–Kier alpha value is -0.180. The number of hydrogen-bond acceptors (Lipinski definition) is 3. The third-order valence-corrected chi connectivity index (χ3v) is 4.65. The highest BCUT2D eigenvalue weighted by atomic mass is 32.2. The van der Waals surface area contributed by atoms with Crippen LogP contribution in [0.1, 0.15) is 47.5 Å². The highest BCUT2D eigenvalue weighted by Crippen LogP contribution is 2.28. The van der Waals surface area contributed by atoms with Crippen LogP contribution in [-0.4, -0.2) is 23.0 Å². The van der Waals surface area contributed by atoms with E-state index in [1.807, 2.05) is 11.8 Å². The summed E-state index contributed by atoms with van der Waals surface area (Å²) in [6.45, 7) is 12.2. The minimum absolute atomic E-state index is 0.216. The summed E-state index contributed by atoms with van der Waals surface area (Å²) in [6.07, 6.45) is 2.29. The Morgan fingerprint density at radius 3 is 2.40 bits per heavy atom. The maximum Gasteiger partial charge on any atom is 0.157 e. The van der Waals surface area contributed by atoms with Gasteiger partial charge in [-0.15, -0.1) is 0 Å². The van der Waals surface area contributed by atoms with Crippen LogP contribution in [0.15, 0.2) is 4.99 Å². The second kappa shape index (κ2) is 4.77. The van der Waals surface area contributed by atoms with E-state index in [0.717, 1.165) is 24.6 Å². The molecule has 0 aliphatic carbocycles. The summed E-state index contributed by atoms with van der Waals surface area (Å²) in [5, 5.41) is 4.72. The summed E-state index contributed by atoms with van der Waals surface area (Å²) in [7, 11) is 0. The van der Waals surface area contributed by atoms with Gasteiger partial charge in [0.15, 0.2) is 5.17 Å². The Kier molecular flexibility index (Phi) is 4.10. The normalized spacial score (nSPS) is 21.0. The maximum atomic E-state index is 4.63. The molecule has 88 valence electrons. The first-order valence-corrected chi connectivity index (χ1v) is 6.85. The van der Waals surface area contributed by atoms with Crippen molar-refractivity contribution >= 4 is 16.9 Å². The molecule has 0 bridgehead atoms. The van der Waals surface area contributed by atoms with E-state index in [4.69, 9.17) is 0 Å². The highest BCUT2D eigenvalue weighted by molar-refractivity contribution is 8.13. The molecule has 0 aromatic rings. The second-order valence-corrected chi connectivity index (χ2v) is 6.43. The summed E-state index contributed by atoms with van der Waals surface area (Å²) >= 11 is 1.87. The quantitative estimate of drug-likeness (QED) is 0.801. The molecule has 15 heavy (non-hydrogen) atoms. The molecule has 1 heterocycles. The number of amidine groups is 1. The van der Waals surface area contributed by atoms with Crippen molar-refractivity contribution < 1.29 is 0 Å². The first kappa shape index (κ1) is 12.9. The first-order chi connectivity index (χ1) is 6.91. The third kappa shape index (κ3) is 3.71. The molecule has 1 rings (SSSR count).